The molecule has 0 spiro atoms. The molecular formula is C19H18ClNO4. The minimum Gasteiger partial charge on any atom is -0.492 e. The Morgan fingerprint density at radius 2 is 1.84 bits per heavy atom. The first-order valence-electron chi connectivity index (χ1n) is 8.08. The van der Waals surface area contributed by atoms with Gasteiger partial charge in [-0.15, -0.1) is 0 Å². The topological polar surface area (TPSA) is 55.8 Å². The summed E-state index contributed by atoms with van der Waals surface area (Å²) in [6, 6.07) is 14.1. The number of benzene rings is 2. The molecule has 0 N–H and O–H groups in total. The van der Waals surface area contributed by atoms with E-state index in [9.17, 15) is 9.59 Å². The Bertz CT molecular complexity index is 792. The molecule has 1 atom stereocenters. The van der Waals surface area contributed by atoms with E-state index in [1.54, 1.807) is 29.2 Å². The molecular weight excluding hydrogens is 342 g/mol. The van der Waals surface area contributed by atoms with Crippen molar-refractivity contribution in [2.24, 2.45) is 5.92 Å². The summed E-state index contributed by atoms with van der Waals surface area (Å²) in [6.07, 6.45) is 0.101. The molecule has 1 fully saturated rings. The standard InChI is InChI=1S/C19H18ClNO4/c1-2-24-17-10-6-4-8-15(17)21-12-13(11-18(21)22)19(23)25-16-9-5-3-7-14(16)20/h3-10,13H,2,11-12H2,1H3/t13-/m0/s1. The number of esters is 1. The van der Waals surface area contributed by atoms with Gasteiger partial charge in [-0.3, -0.25) is 9.59 Å². The second-order valence-corrected chi connectivity index (χ2v) is 6.06. The smallest absolute Gasteiger partial charge is 0.316 e. The van der Waals surface area contributed by atoms with Crippen molar-refractivity contribution in [1.29, 1.82) is 0 Å². The summed E-state index contributed by atoms with van der Waals surface area (Å²) in [7, 11) is 0. The van der Waals surface area contributed by atoms with Crippen LogP contribution >= 0.6 is 11.6 Å². The van der Waals surface area contributed by atoms with Crippen molar-refractivity contribution in [2.45, 2.75) is 13.3 Å². The molecule has 1 heterocycles. The lowest BCUT2D eigenvalue weighted by Gasteiger charge is -2.20. The van der Waals surface area contributed by atoms with Gasteiger partial charge in [-0.25, -0.2) is 0 Å². The second-order valence-electron chi connectivity index (χ2n) is 5.66. The number of amides is 1. The number of rotatable bonds is 5. The molecule has 2 aromatic rings. The van der Waals surface area contributed by atoms with Crippen LogP contribution in [0.4, 0.5) is 5.69 Å². The minimum atomic E-state index is -0.543. The van der Waals surface area contributed by atoms with Crippen molar-refractivity contribution >= 4 is 29.2 Å². The number of halogens is 1. The molecule has 0 unspecified atom stereocenters. The SMILES string of the molecule is CCOc1ccccc1N1C[C@@H](C(=O)Oc2ccccc2Cl)CC1=O. The van der Waals surface area contributed by atoms with Crippen molar-refractivity contribution in [3.05, 3.63) is 53.6 Å². The maximum absolute atomic E-state index is 12.4. The van der Waals surface area contributed by atoms with Gasteiger partial charge < -0.3 is 14.4 Å². The lowest BCUT2D eigenvalue weighted by atomic mass is 10.1. The Hall–Kier alpha value is -2.53. The van der Waals surface area contributed by atoms with E-state index in [0.29, 0.717) is 28.8 Å². The van der Waals surface area contributed by atoms with Crippen LogP contribution in [0.3, 0.4) is 0 Å². The Morgan fingerprint density at radius 1 is 1.16 bits per heavy atom. The van der Waals surface area contributed by atoms with Crippen LogP contribution in [0.5, 0.6) is 11.5 Å². The summed E-state index contributed by atoms with van der Waals surface area (Å²) in [6.45, 7) is 2.63. The number of hydrogen-bond acceptors (Lipinski definition) is 4. The third kappa shape index (κ3) is 3.77. The number of carbonyl (C=O) groups is 2. The van der Waals surface area contributed by atoms with Gasteiger partial charge in [0.15, 0.2) is 0 Å². The number of anilines is 1. The molecule has 0 aromatic heterocycles. The quantitative estimate of drug-likeness (QED) is 0.603. The fraction of sp³-hybridized carbons (Fsp3) is 0.263. The summed E-state index contributed by atoms with van der Waals surface area (Å²) in [4.78, 5) is 26.4. The molecule has 1 saturated heterocycles. The van der Waals surface area contributed by atoms with Gasteiger partial charge in [-0.05, 0) is 31.2 Å². The maximum atomic E-state index is 12.4. The van der Waals surface area contributed by atoms with E-state index in [2.05, 4.69) is 0 Å². The van der Waals surface area contributed by atoms with Crippen molar-refractivity contribution < 1.29 is 19.1 Å². The van der Waals surface area contributed by atoms with Crippen molar-refractivity contribution in [1.82, 2.24) is 0 Å². The Balaban J connectivity index is 1.74. The van der Waals surface area contributed by atoms with Gasteiger partial charge in [0.25, 0.3) is 0 Å². The molecule has 0 saturated carbocycles. The lowest BCUT2D eigenvalue weighted by molar-refractivity contribution is -0.139. The van der Waals surface area contributed by atoms with Crippen LogP contribution in [-0.4, -0.2) is 25.0 Å². The van der Waals surface area contributed by atoms with Crippen LogP contribution < -0.4 is 14.4 Å². The molecule has 3 rings (SSSR count). The summed E-state index contributed by atoms with van der Waals surface area (Å²) >= 11 is 6.01. The molecule has 6 heteroatoms. The van der Waals surface area contributed by atoms with E-state index >= 15 is 0 Å². The number of hydrogen-bond donors (Lipinski definition) is 0. The molecule has 130 valence electrons. The van der Waals surface area contributed by atoms with E-state index in [4.69, 9.17) is 21.1 Å². The Morgan fingerprint density at radius 3 is 2.56 bits per heavy atom. The van der Waals surface area contributed by atoms with Crippen LogP contribution in [-0.2, 0) is 9.59 Å². The fourth-order valence-electron chi connectivity index (χ4n) is 2.78. The summed E-state index contributed by atoms with van der Waals surface area (Å²) in [5.41, 5.74) is 0.669. The highest BCUT2D eigenvalue weighted by Crippen LogP contribution is 2.34. The van der Waals surface area contributed by atoms with E-state index in [1.165, 1.54) is 0 Å². The highest BCUT2D eigenvalue weighted by atomic mass is 35.5. The van der Waals surface area contributed by atoms with Gasteiger partial charge in [0.05, 0.1) is 23.2 Å². The summed E-state index contributed by atoms with van der Waals surface area (Å²) in [5.74, 6) is -0.210. The van der Waals surface area contributed by atoms with E-state index in [0.717, 1.165) is 0 Å². The summed E-state index contributed by atoms with van der Waals surface area (Å²) < 4.78 is 10.9. The van der Waals surface area contributed by atoms with Gasteiger partial charge in [0, 0.05) is 13.0 Å². The average Bonchev–Trinajstić information content (AvgIpc) is 2.99. The van der Waals surface area contributed by atoms with Gasteiger partial charge in [-0.1, -0.05) is 35.9 Å². The number of para-hydroxylation sites is 3. The maximum Gasteiger partial charge on any atom is 0.316 e. The van der Waals surface area contributed by atoms with Crippen LogP contribution in [0.1, 0.15) is 13.3 Å². The molecule has 0 bridgehead atoms. The lowest BCUT2D eigenvalue weighted by Crippen LogP contribution is -2.27. The normalized spacial score (nSPS) is 16.8. The molecule has 0 aliphatic carbocycles. The van der Waals surface area contributed by atoms with Crippen LogP contribution in [0, 0.1) is 5.92 Å². The van der Waals surface area contributed by atoms with E-state index in [1.807, 2.05) is 31.2 Å². The van der Waals surface area contributed by atoms with Crippen molar-refractivity contribution in [3.8, 4) is 11.5 Å². The van der Waals surface area contributed by atoms with Crippen LogP contribution in [0.25, 0.3) is 0 Å². The zero-order chi connectivity index (χ0) is 17.8. The summed E-state index contributed by atoms with van der Waals surface area (Å²) in [5, 5.41) is 0.360. The monoisotopic (exact) mass is 359 g/mol. The van der Waals surface area contributed by atoms with Crippen molar-refractivity contribution in [3.63, 3.8) is 0 Å². The largest absolute Gasteiger partial charge is 0.492 e. The number of ether oxygens (including phenoxy) is 2. The van der Waals surface area contributed by atoms with Gasteiger partial charge >= 0.3 is 5.97 Å². The van der Waals surface area contributed by atoms with Crippen LogP contribution in [0.2, 0.25) is 5.02 Å². The van der Waals surface area contributed by atoms with Crippen LogP contribution in [0.15, 0.2) is 48.5 Å². The molecule has 25 heavy (non-hydrogen) atoms. The second kappa shape index (κ2) is 7.57. The number of carbonyl (C=O) groups excluding carboxylic acids is 2. The first kappa shape index (κ1) is 17.3. The highest BCUT2D eigenvalue weighted by molar-refractivity contribution is 6.32. The van der Waals surface area contributed by atoms with Gasteiger partial charge in [0.1, 0.15) is 11.5 Å². The van der Waals surface area contributed by atoms with Crippen molar-refractivity contribution in [2.75, 3.05) is 18.1 Å². The Kier molecular flexibility index (Phi) is 5.24. The number of nitrogens with zero attached hydrogens (tertiary/aromatic N) is 1. The fourth-order valence-corrected chi connectivity index (χ4v) is 2.95. The molecule has 1 aliphatic rings. The minimum absolute atomic E-state index is 0.101. The first-order valence-corrected chi connectivity index (χ1v) is 8.46. The molecule has 0 radical (unpaired) electrons. The molecule has 5 nitrogen and oxygen atoms in total. The predicted octanol–water partition coefficient (Wildman–Crippen LogP) is 3.70. The zero-order valence-electron chi connectivity index (χ0n) is 13.8. The average molecular weight is 360 g/mol. The third-order valence-electron chi connectivity index (χ3n) is 3.96. The predicted molar refractivity (Wildman–Crippen MR) is 95.2 cm³/mol. The van der Waals surface area contributed by atoms with Gasteiger partial charge in [-0.2, -0.15) is 0 Å². The van der Waals surface area contributed by atoms with E-state index < -0.39 is 11.9 Å². The third-order valence-corrected chi connectivity index (χ3v) is 4.27. The highest BCUT2D eigenvalue weighted by Gasteiger charge is 2.37. The molecule has 2 aromatic carbocycles. The van der Waals surface area contributed by atoms with E-state index in [-0.39, 0.29) is 18.9 Å². The Labute approximate surface area is 151 Å². The molecule has 1 aliphatic heterocycles. The van der Waals surface area contributed by atoms with Gasteiger partial charge in [0.2, 0.25) is 5.91 Å². The molecule has 1 amide bonds. The zero-order valence-corrected chi connectivity index (χ0v) is 14.5. The first-order chi connectivity index (χ1) is 12.1.